The van der Waals surface area contributed by atoms with Crippen molar-refractivity contribution < 1.29 is 8.42 Å². The molecule has 126 valence electrons. The molecule has 5 nitrogen and oxygen atoms in total. The highest BCUT2D eigenvalue weighted by Gasteiger charge is 2.25. The summed E-state index contributed by atoms with van der Waals surface area (Å²) in [4.78, 5) is 4.83. The molecule has 1 heterocycles. The van der Waals surface area contributed by atoms with Gasteiger partial charge in [-0.1, -0.05) is 6.92 Å². The van der Waals surface area contributed by atoms with E-state index in [1.165, 1.54) is 6.26 Å². The van der Waals surface area contributed by atoms with E-state index in [0.717, 1.165) is 51.9 Å². The minimum atomic E-state index is -2.84. The van der Waals surface area contributed by atoms with Gasteiger partial charge in [0.05, 0.1) is 0 Å². The van der Waals surface area contributed by atoms with Gasteiger partial charge < -0.3 is 15.1 Å². The third kappa shape index (κ3) is 8.14. The fourth-order valence-corrected chi connectivity index (χ4v) is 3.62. The van der Waals surface area contributed by atoms with Crippen LogP contribution in [0.25, 0.3) is 0 Å². The number of piperazine rings is 1. The summed E-state index contributed by atoms with van der Waals surface area (Å²) < 4.78 is 22.6. The molecule has 1 fully saturated rings. The molecule has 6 heteroatoms. The summed E-state index contributed by atoms with van der Waals surface area (Å²) in [5, 5.41) is 3.60. The van der Waals surface area contributed by atoms with Crippen molar-refractivity contribution in [3.05, 3.63) is 0 Å². The Morgan fingerprint density at radius 3 is 2.62 bits per heavy atom. The largest absolute Gasteiger partial charge is 0.314 e. The molecule has 0 spiro atoms. The van der Waals surface area contributed by atoms with Gasteiger partial charge in [-0.25, -0.2) is 8.42 Å². The summed E-state index contributed by atoms with van der Waals surface area (Å²) in [5.41, 5.74) is 0. The van der Waals surface area contributed by atoms with E-state index in [1.54, 1.807) is 0 Å². The summed E-state index contributed by atoms with van der Waals surface area (Å²) in [6.45, 7) is 6.53. The first kappa shape index (κ1) is 18.9. The highest BCUT2D eigenvalue weighted by Crippen LogP contribution is 2.15. The van der Waals surface area contributed by atoms with Gasteiger partial charge in [0, 0.05) is 43.7 Å². The zero-order valence-electron chi connectivity index (χ0n) is 14.1. The number of hydrogen-bond donors (Lipinski definition) is 1. The molecule has 0 aromatic carbocycles. The average molecular weight is 320 g/mol. The first-order valence-corrected chi connectivity index (χ1v) is 10.2. The fourth-order valence-electron chi connectivity index (χ4n) is 2.93. The highest BCUT2D eigenvalue weighted by atomic mass is 32.2. The smallest absolute Gasteiger partial charge is 0.147 e. The standard InChI is InChI=1S/C15H33N3O2S/c1-5-8-16-14(7-6-11-21(4,19)20)12-15-13-17(2)9-10-18(15)3/h14-16H,5-13H2,1-4H3. The summed E-state index contributed by atoms with van der Waals surface area (Å²) >= 11 is 0. The van der Waals surface area contributed by atoms with E-state index in [4.69, 9.17) is 0 Å². The van der Waals surface area contributed by atoms with Gasteiger partial charge in [0.25, 0.3) is 0 Å². The number of likely N-dealkylation sites (N-methyl/N-ethyl adjacent to an activating group) is 2. The van der Waals surface area contributed by atoms with Crippen LogP contribution in [0.4, 0.5) is 0 Å². The number of sulfone groups is 1. The lowest BCUT2D eigenvalue weighted by Gasteiger charge is -2.39. The van der Waals surface area contributed by atoms with E-state index in [1.807, 2.05) is 0 Å². The number of hydrogen-bond acceptors (Lipinski definition) is 5. The van der Waals surface area contributed by atoms with Crippen molar-refractivity contribution in [3.63, 3.8) is 0 Å². The van der Waals surface area contributed by atoms with Crippen LogP contribution >= 0.6 is 0 Å². The van der Waals surface area contributed by atoms with Crippen LogP contribution in [-0.2, 0) is 9.84 Å². The van der Waals surface area contributed by atoms with E-state index in [0.29, 0.717) is 17.8 Å². The maximum absolute atomic E-state index is 11.3. The van der Waals surface area contributed by atoms with Crippen LogP contribution < -0.4 is 5.32 Å². The normalized spacial score (nSPS) is 23.3. The topological polar surface area (TPSA) is 52.7 Å². The second-order valence-electron chi connectivity index (χ2n) is 6.56. The second-order valence-corrected chi connectivity index (χ2v) is 8.82. The second kappa shape index (κ2) is 9.08. The van der Waals surface area contributed by atoms with Crippen molar-refractivity contribution in [2.75, 3.05) is 52.3 Å². The maximum atomic E-state index is 11.3. The Morgan fingerprint density at radius 2 is 2.00 bits per heavy atom. The van der Waals surface area contributed by atoms with Crippen LogP contribution in [0, 0.1) is 0 Å². The Hall–Kier alpha value is -0.170. The van der Waals surface area contributed by atoms with E-state index >= 15 is 0 Å². The van der Waals surface area contributed by atoms with Crippen molar-refractivity contribution in [1.82, 2.24) is 15.1 Å². The molecule has 21 heavy (non-hydrogen) atoms. The Balaban J connectivity index is 2.47. The lowest BCUT2D eigenvalue weighted by molar-refractivity contribution is 0.100. The molecule has 2 atom stereocenters. The highest BCUT2D eigenvalue weighted by molar-refractivity contribution is 7.90. The number of nitrogens with zero attached hydrogens (tertiary/aromatic N) is 2. The van der Waals surface area contributed by atoms with Crippen LogP contribution in [-0.4, -0.2) is 82.6 Å². The van der Waals surface area contributed by atoms with Crippen LogP contribution in [0.2, 0.25) is 0 Å². The molecule has 2 unspecified atom stereocenters. The van der Waals surface area contributed by atoms with Crippen LogP contribution in [0.1, 0.15) is 32.6 Å². The first-order chi connectivity index (χ1) is 9.81. The van der Waals surface area contributed by atoms with Gasteiger partial charge in [0.1, 0.15) is 9.84 Å². The maximum Gasteiger partial charge on any atom is 0.147 e. The molecule has 1 aliphatic rings. The van der Waals surface area contributed by atoms with Crippen LogP contribution in [0.15, 0.2) is 0 Å². The zero-order valence-corrected chi connectivity index (χ0v) is 15.0. The van der Waals surface area contributed by atoms with Gasteiger partial charge >= 0.3 is 0 Å². The third-order valence-electron chi connectivity index (χ3n) is 4.29. The monoisotopic (exact) mass is 319 g/mol. The van der Waals surface area contributed by atoms with E-state index in [-0.39, 0.29) is 0 Å². The average Bonchev–Trinajstić information content (AvgIpc) is 2.38. The summed E-state index contributed by atoms with van der Waals surface area (Å²) in [7, 11) is 1.54. The Bertz CT molecular complexity index is 386. The van der Waals surface area contributed by atoms with Gasteiger partial charge in [-0.2, -0.15) is 0 Å². The molecule has 0 radical (unpaired) electrons. The zero-order chi connectivity index (χ0) is 15.9. The van der Waals surface area contributed by atoms with E-state index in [9.17, 15) is 8.42 Å². The Morgan fingerprint density at radius 1 is 1.29 bits per heavy atom. The van der Waals surface area contributed by atoms with E-state index in [2.05, 4.69) is 36.1 Å². The van der Waals surface area contributed by atoms with Crippen molar-refractivity contribution in [1.29, 1.82) is 0 Å². The Labute approximate surface area is 131 Å². The summed E-state index contributed by atoms with van der Waals surface area (Å²) in [5.74, 6) is 0.303. The molecule has 1 aliphatic heterocycles. The van der Waals surface area contributed by atoms with Gasteiger partial charge in [0.15, 0.2) is 0 Å². The van der Waals surface area contributed by atoms with Gasteiger partial charge in [-0.05, 0) is 46.3 Å². The van der Waals surface area contributed by atoms with Gasteiger partial charge in [-0.3, -0.25) is 0 Å². The van der Waals surface area contributed by atoms with Gasteiger partial charge in [-0.15, -0.1) is 0 Å². The number of nitrogens with one attached hydrogen (secondary N) is 1. The molecule has 0 aromatic rings. The van der Waals surface area contributed by atoms with E-state index < -0.39 is 9.84 Å². The minimum Gasteiger partial charge on any atom is -0.314 e. The van der Waals surface area contributed by atoms with Crippen molar-refractivity contribution >= 4 is 9.84 Å². The first-order valence-electron chi connectivity index (χ1n) is 8.11. The van der Waals surface area contributed by atoms with Gasteiger partial charge in [0.2, 0.25) is 0 Å². The molecule has 1 rings (SSSR count). The van der Waals surface area contributed by atoms with Crippen molar-refractivity contribution in [2.45, 2.75) is 44.7 Å². The quantitative estimate of drug-likeness (QED) is 0.682. The van der Waals surface area contributed by atoms with Crippen molar-refractivity contribution in [2.24, 2.45) is 0 Å². The lowest BCUT2D eigenvalue weighted by Crippen LogP contribution is -2.52. The molecule has 0 amide bonds. The molecule has 1 N–H and O–H groups in total. The van der Waals surface area contributed by atoms with Crippen LogP contribution in [0.5, 0.6) is 0 Å². The SMILES string of the molecule is CCCNC(CCCS(C)(=O)=O)CC1CN(C)CCN1C. The number of rotatable bonds is 9. The molecule has 0 saturated carbocycles. The molecular weight excluding hydrogens is 286 g/mol. The fraction of sp³-hybridized carbons (Fsp3) is 1.00. The lowest BCUT2D eigenvalue weighted by atomic mass is 10.00. The molecule has 0 bridgehead atoms. The third-order valence-corrected chi connectivity index (χ3v) is 5.32. The van der Waals surface area contributed by atoms with Crippen molar-refractivity contribution in [3.8, 4) is 0 Å². The summed E-state index contributed by atoms with van der Waals surface area (Å²) in [6.07, 6.45) is 5.24. The molecule has 0 aliphatic carbocycles. The Kier molecular flexibility index (Phi) is 8.16. The molecule has 1 saturated heterocycles. The predicted octanol–water partition coefficient (Wildman–Crippen LogP) is 0.815. The molecule has 0 aromatic heterocycles. The predicted molar refractivity (Wildman–Crippen MR) is 89.6 cm³/mol. The minimum absolute atomic E-state index is 0.303. The van der Waals surface area contributed by atoms with Crippen LogP contribution in [0.3, 0.4) is 0 Å². The molecular formula is C15H33N3O2S. The summed E-state index contributed by atoms with van der Waals surface area (Å²) in [6, 6.07) is 0.988.